The first-order chi connectivity index (χ1) is 12.5. The fourth-order valence-corrected chi connectivity index (χ4v) is 4.44. The van der Waals surface area contributed by atoms with E-state index in [1.807, 2.05) is 30.5 Å². The zero-order valence-corrected chi connectivity index (χ0v) is 15.1. The maximum absolute atomic E-state index is 12.6. The van der Waals surface area contributed by atoms with Gasteiger partial charge in [0.2, 0.25) is 15.9 Å². The highest BCUT2D eigenvalue weighted by Gasteiger charge is 2.26. The lowest BCUT2D eigenvalue weighted by atomic mass is 10.1. The van der Waals surface area contributed by atoms with Crippen LogP contribution in [0.1, 0.15) is 11.1 Å². The number of rotatable bonds is 5. The van der Waals surface area contributed by atoms with Crippen LogP contribution in [0.4, 0.5) is 5.69 Å². The smallest absolute Gasteiger partial charge is 0.240 e. The number of benzene rings is 2. The number of para-hydroxylation sites is 1. The first-order valence-corrected chi connectivity index (χ1v) is 9.88. The summed E-state index contributed by atoms with van der Waals surface area (Å²) in [5, 5.41) is 1.10. The van der Waals surface area contributed by atoms with Crippen molar-refractivity contribution in [3.05, 3.63) is 59.8 Å². The van der Waals surface area contributed by atoms with E-state index in [1.54, 1.807) is 30.1 Å². The van der Waals surface area contributed by atoms with Crippen molar-refractivity contribution in [2.75, 3.05) is 18.5 Å². The third kappa shape index (κ3) is 2.89. The van der Waals surface area contributed by atoms with Crippen molar-refractivity contribution >= 4 is 32.5 Å². The van der Waals surface area contributed by atoms with Crippen LogP contribution in [0.15, 0.2) is 53.6 Å². The number of anilines is 1. The molecule has 26 heavy (non-hydrogen) atoms. The zero-order valence-electron chi connectivity index (χ0n) is 14.3. The van der Waals surface area contributed by atoms with Crippen LogP contribution in [0, 0.1) is 0 Å². The molecular weight excluding hydrogens is 350 g/mol. The summed E-state index contributed by atoms with van der Waals surface area (Å²) in [5.41, 5.74) is 3.63. The second-order valence-corrected chi connectivity index (χ2v) is 8.19. The molecule has 0 unspecified atom stereocenters. The number of aromatic nitrogens is 1. The van der Waals surface area contributed by atoms with Crippen molar-refractivity contribution in [2.45, 2.75) is 17.7 Å². The molecule has 0 radical (unpaired) electrons. The molecule has 1 aromatic heterocycles. The molecule has 0 fully saturated rings. The van der Waals surface area contributed by atoms with Gasteiger partial charge in [-0.1, -0.05) is 18.2 Å². The summed E-state index contributed by atoms with van der Waals surface area (Å²) >= 11 is 0. The van der Waals surface area contributed by atoms with Gasteiger partial charge in [-0.25, -0.2) is 13.1 Å². The quantitative estimate of drug-likeness (QED) is 0.723. The summed E-state index contributed by atoms with van der Waals surface area (Å²) in [6.07, 6.45) is 2.75. The SMILES string of the molecule is CN1C(=O)Cc2cc(S(=O)(=O)NCCc3c[nH]c4ccccc34)ccc21. The minimum absolute atomic E-state index is 0.0261. The summed E-state index contributed by atoms with van der Waals surface area (Å²) in [7, 11) is -1.92. The largest absolute Gasteiger partial charge is 0.361 e. The van der Waals surface area contributed by atoms with Gasteiger partial charge in [0.15, 0.2) is 0 Å². The molecule has 0 spiro atoms. The Balaban J connectivity index is 1.48. The number of aromatic amines is 1. The number of likely N-dealkylation sites (N-methyl/N-ethyl adjacent to an activating group) is 1. The molecule has 134 valence electrons. The molecule has 2 N–H and O–H groups in total. The van der Waals surface area contributed by atoms with Crippen molar-refractivity contribution < 1.29 is 13.2 Å². The number of carbonyl (C=O) groups is 1. The molecule has 1 aliphatic heterocycles. The Bertz CT molecular complexity index is 1100. The number of carbonyl (C=O) groups excluding carboxylic acids is 1. The molecule has 4 rings (SSSR count). The molecule has 1 amide bonds. The monoisotopic (exact) mass is 369 g/mol. The molecule has 0 atom stereocenters. The Morgan fingerprint density at radius 1 is 1.19 bits per heavy atom. The Kier molecular flexibility index (Phi) is 4.05. The predicted molar refractivity (Wildman–Crippen MR) is 101 cm³/mol. The van der Waals surface area contributed by atoms with E-state index in [0.717, 1.165) is 27.7 Å². The fourth-order valence-electron chi connectivity index (χ4n) is 3.36. The average Bonchev–Trinajstić information content (AvgIpc) is 3.16. The van der Waals surface area contributed by atoms with Gasteiger partial charge in [0, 0.05) is 36.4 Å². The number of sulfonamides is 1. The van der Waals surface area contributed by atoms with Crippen LogP contribution in [-0.4, -0.2) is 32.9 Å². The van der Waals surface area contributed by atoms with E-state index in [1.165, 1.54) is 0 Å². The average molecular weight is 369 g/mol. The number of fused-ring (bicyclic) bond motifs is 2. The standard InChI is InChI=1S/C19H19N3O3S/c1-22-18-7-6-15(10-14(18)11-19(22)23)26(24,25)21-9-8-13-12-20-17-5-3-2-4-16(13)17/h2-7,10,12,20-21H,8-9,11H2,1H3. The number of amides is 1. The van der Waals surface area contributed by atoms with E-state index in [2.05, 4.69) is 9.71 Å². The van der Waals surface area contributed by atoms with Gasteiger partial charge in [0.05, 0.1) is 11.3 Å². The van der Waals surface area contributed by atoms with Crippen LogP contribution in [0.3, 0.4) is 0 Å². The van der Waals surface area contributed by atoms with Gasteiger partial charge in [-0.2, -0.15) is 0 Å². The highest BCUT2D eigenvalue weighted by molar-refractivity contribution is 7.89. The molecule has 0 saturated carbocycles. The number of nitrogens with one attached hydrogen (secondary N) is 2. The van der Waals surface area contributed by atoms with Crippen LogP contribution in [0.5, 0.6) is 0 Å². The van der Waals surface area contributed by atoms with Crippen molar-refractivity contribution in [1.29, 1.82) is 0 Å². The summed E-state index contributed by atoms with van der Waals surface area (Å²) in [6.45, 7) is 0.306. The van der Waals surface area contributed by atoms with Crippen molar-refractivity contribution in [1.82, 2.24) is 9.71 Å². The molecule has 2 aromatic carbocycles. The molecule has 0 saturated heterocycles. The second-order valence-electron chi connectivity index (χ2n) is 6.43. The van der Waals surface area contributed by atoms with Crippen LogP contribution in [-0.2, 0) is 27.7 Å². The van der Waals surface area contributed by atoms with Gasteiger partial charge in [0.1, 0.15) is 0 Å². The second kappa shape index (κ2) is 6.26. The van der Waals surface area contributed by atoms with Gasteiger partial charge < -0.3 is 9.88 Å². The molecule has 0 aliphatic carbocycles. The van der Waals surface area contributed by atoms with Crippen LogP contribution in [0.25, 0.3) is 10.9 Å². The lowest BCUT2D eigenvalue weighted by molar-refractivity contribution is -0.117. The number of hydrogen-bond donors (Lipinski definition) is 2. The Morgan fingerprint density at radius 2 is 2.00 bits per heavy atom. The van der Waals surface area contributed by atoms with Crippen molar-refractivity contribution in [3.8, 4) is 0 Å². The Labute approximate surface area is 151 Å². The maximum atomic E-state index is 12.6. The molecule has 2 heterocycles. The molecule has 7 heteroatoms. The molecule has 1 aliphatic rings. The normalized spacial score (nSPS) is 14.2. The summed E-state index contributed by atoms with van der Waals surface area (Å²) in [4.78, 5) is 16.7. The summed E-state index contributed by atoms with van der Waals surface area (Å²) in [5.74, 6) is -0.0261. The molecular formula is C19H19N3O3S. The lowest BCUT2D eigenvalue weighted by Crippen LogP contribution is -2.26. The van der Waals surface area contributed by atoms with Gasteiger partial charge >= 0.3 is 0 Å². The Morgan fingerprint density at radius 3 is 2.85 bits per heavy atom. The number of hydrogen-bond acceptors (Lipinski definition) is 3. The topological polar surface area (TPSA) is 82.3 Å². The van der Waals surface area contributed by atoms with E-state index in [4.69, 9.17) is 0 Å². The van der Waals surface area contributed by atoms with Gasteiger partial charge in [-0.3, -0.25) is 4.79 Å². The van der Waals surface area contributed by atoms with Crippen LogP contribution in [0.2, 0.25) is 0 Å². The van der Waals surface area contributed by atoms with Gasteiger partial charge in [0.25, 0.3) is 0 Å². The zero-order chi connectivity index (χ0) is 18.3. The fraction of sp³-hybridized carbons (Fsp3) is 0.211. The van der Waals surface area contributed by atoms with Gasteiger partial charge in [-0.05, 0) is 41.8 Å². The molecule has 6 nitrogen and oxygen atoms in total. The van der Waals surface area contributed by atoms with E-state index in [-0.39, 0.29) is 17.2 Å². The first-order valence-electron chi connectivity index (χ1n) is 8.40. The van der Waals surface area contributed by atoms with E-state index in [0.29, 0.717) is 13.0 Å². The van der Waals surface area contributed by atoms with Crippen LogP contribution >= 0.6 is 0 Å². The first kappa shape index (κ1) is 16.8. The third-order valence-electron chi connectivity index (χ3n) is 4.80. The number of nitrogens with zero attached hydrogens (tertiary/aromatic N) is 1. The van der Waals surface area contributed by atoms with Crippen LogP contribution < -0.4 is 9.62 Å². The van der Waals surface area contributed by atoms with Crippen molar-refractivity contribution in [3.63, 3.8) is 0 Å². The molecule has 0 bridgehead atoms. The third-order valence-corrected chi connectivity index (χ3v) is 6.26. The minimum atomic E-state index is -3.61. The van der Waals surface area contributed by atoms with E-state index < -0.39 is 10.0 Å². The lowest BCUT2D eigenvalue weighted by Gasteiger charge is -2.11. The van der Waals surface area contributed by atoms with E-state index >= 15 is 0 Å². The Hall–Kier alpha value is -2.64. The summed E-state index contributed by atoms with van der Waals surface area (Å²) < 4.78 is 27.8. The summed E-state index contributed by atoms with van der Waals surface area (Å²) in [6, 6.07) is 12.8. The molecule has 3 aromatic rings. The van der Waals surface area contributed by atoms with Gasteiger partial charge in [-0.15, -0.1) is 0 Å². The maximum Gasteiger partial charge on any atom is 0.240 e. The van der Waals surface area contributed by atoms with Crippen molar-refractivity contribution in [2.24, 2.45) is 0 Å². The van der Waals surface area contributed by atoms with E-state index in [9.17, 15) is 13.2 Å². The highest BCUT2D eigenvalue weighted by atomic mass is 32.2. The predicted octanol–water partition coefficient (Wildman–Crippen LogP) is 2.21. The highest BCUT2D eigenvalue weighted by Crippen LogP contribution is 2.29. The minimum Gasteiger partial charge on any atom is -0.361 e. The number of H-pyrrole nitrogens is 1.